The normalized spacial score (nSPS) is 20.2. The van der Waals surface area contributed by atoms with Gasteiger partial charge in [0.15, 0.2) is 18.2 Å². The Labute approximate surface area is 168 Å². The molecule has 4 nitrogen and oxygen atoms in total. The molecule has 1 aliphatic heterocycles. The van der Waals surface area contributed by atoms with Crippen LogP contribution in [0.4, 0.5) is 8.78 Å². The zero-order valence-corrected chi connectivity index (χ0v) is 16.6. The van der Waals surface area contributed by atoms with Crippen molar-refractivity contribution in [3.8, 4) is 5.75 Å². The standard InChI is InChI=1S/C21H23ClF2N2O2/c1-14-11-26(21(27)13-28-20-8-5-17(22)9-19(20)24)15(2)10-25(14)12-16-3-6-18(23)7-4-16/h3-9,14-15H,10-13H2,1-2H3. The summed E-state index contributed by atoms with van der Waals surface area (Å²) in [5.41, 5.74) is 1.03. The Hall–Kier alpha value is -2.18. The van der Waals surface area contributed by atoms with Crippen LogP contribution in [0.5, 0.6) is 5.75 Å². The topological polar surface area (TPSA) is 32.8 Å². The first kappa shape index (κ1) is 20.6. The van der Waals surface area contributed by atoms with Gasteiger partial charge in [0.05, 0.1) is 0 Å². The molecule has 1 fully saturated rings. The minimum Gasteiger partial charge on any atom is -0.481 e. The number of halogens is 3. The van der Waals surface area contributed by atoms with E-state index in [0.717, 1.165) is 11.6 Å². The number of amides is 1. The Balaban J connectivity index is 1.57. The van der Waals surface area contributed by atoms with Gasteiger partial charge in [0, 0.05) is 36.7 Å². The average molecular weight is 409 g/mol. The average Bonchev–Trinajstić information content (AvgIpc) is 2.65. The van der Waals surface area contributed by atoms with Crippen LogP contribution in [0.2, 0.25) is 5.02 Å². The van der Waals surface area contributed by atoms with E-state index in [9.17, 15) is 13.6 Å². The lowest BCUT2D eigenvalue weighted by molar-refractivity contribution is -0.139. The van der Waals surface area contributed by atoms with E-state index in [1.807, 2.05) is 6.92 Å². The molecule has 1 heterocycles. The fraction of sp³-hybridized carbons (Fsp3) is 0.381. The molecule has 1 aliphatic rings. The molecule has 0 bridgehead atoms. The van der Waals surface area contributed by atoms with E-state index in [-0.39, 0.29) is 41.2 Å². The number of rotatable bonds is 5. The predicted octanol–water partition coefficient (Wildman–Crippen LogP) is 4.12. The van der Waals surface area contributed by atoms with E-state index in [2.05, 4.69) is 11.8 Å². The molecule has 0 aliphatic carbocycles. The SMILES string of the molecule is CC1CN(C(=O)COc2ccc(Cl)cc2F)C(C)CN1Cc1ccc(F)cc1. The quantitative estimate of drug-likeness (QED) is 0.746. The summed E-state index contributed by atoms with van der Waals surface area (Å²) in [5, 5.41) is 0.274. The molecule has 3 rings (SSSR count). The monoisotopic (exact) mass is 408 g/mol. The molecular weight excluding hydrogens is 386 g/mol. The molecule has 0 spiro atoms. The largest absolute Gasteiger partial charge is 0.481 e. The minimum atomic E-state index is -0.592. The molecule has 0 radical (unpaired) electrons. The second-order valence-electron chi connectivity index (χ2n) is 7.16. The molecule has 1 saturated heterocycles. The molecular formula is C21H23ClF2N2O2. The minimum absolute atomic E-state index is 0.00778. The van der Waals surface area contributed by atoms with Crippen LogP contribution in [-0.2, 0) is 11.3 Å². The summed E-state index contributed by atoms with van der Waals surface area (Å²) < 4.78 is 32.2. The Morgan fingerprint density at radius 3 is 2.50 bits per heavy atom. The van der Waals surface area contributed by atoms with E-state index in [0.29, 0.717) is 19.6 Å². The summed E-state index contributed by atoms with van der Waals surface area (Å²) in [6, 6.07) is 10.7. The summed E-state index contributed by atoms with van der Waals surface area (Å²) >= 11 is 5.72. The van der Waals surface area contributed by atoms with Crippen LogP contribution < -0.4 is 4.74 Å². The Bertz CT molecular complexity index is 832. The lowest BCUT2D eigenvalue weighted by atomic mass is 10.1. The zero-order chi connectivity index (χ0) is 20.3. The first-order chi connectivity index (χ1) is 13.3. The van der Waals surface area contributed by atoms with Gasteiger partial charge in [-0.15, -0.1) is 0 Å². The summed E-state index contributed by atoms with van der Waals surface area (Å²) in [4.78, 5) is 16.6. The predicted molar refractivity (Wildman–Crippen MR) is 104 cm³/mol. The van der Waals surface area contributed by atoms with Crippen LogP contribution in [0, 0.1) is 11.6 Å². The van der Waals surface area contributed by atoms with Gasteiger partial charge in [-0.05, 0) is 49.7 Å². The van der Waals surface area contributed by atoms with Crippen molar-refractivity contribution in [2.24, 2.45) is 0 Å². The van der Waals surface area contributed by atoms with Gasteiger partial charge in [-0.1, -0.05) is 23.7 Å². The first-order valence-corrected chi connectivity index (χ1v) is 9.57. The van der Waals surface area contributed by atoms with E-state index in [1.54, 1.807) is 17.0 Å². The van der Waals surface area contributed by atoms with Gasteiger partial charge in [0.1, 0.15) is 5.82 Å². The van der Waals surface area contributed by atoms with Crippen molar-refractivity contribution in [3.63, 3.8) is 0 Å². The van der Waals surface area contributed by atoms with E-state index in [4.69, 9.17) is 16.3 Å². The number of piperazine rings is 1. The highest BCUT2D eigenvalue weighted by atomic mass is 35.5. The molecule has 2 aromatic rings. The molecule has 0 aromatic heterocycles. The Morgan fingerprint density at radius 2 is 1.82 bits per heavy atom. The second-order valence-corrected chi connectivity index (χ2v) is 7.60. The number of hydrogen-bond donors (Lipinski definition) is 0. The summed E-state index contributed by atoms with van der Waals surface area (Å²) in [6.45, 7) is 5.74. The van der Waals surface area contributed by atoms with Crippen LogP contribution in [0.1, 0.15) is 19.4 Å². The highest BCUT2D eigenvalue weighted by Gasteiger charge is 2.32. The van der Waals surface area contributed by atoms with Crippen LogP contribution in [0.25, 0.3) is 0 Å². The number of ether oxygens (including phenoxy) is 1. The van der Waals surface area contributed by atoms with Gasteiger partial charge in [-0.3, -0.25) is 9.69 Å². The van der Waals surface area contributed by atoms with E-state index < -0.39 is 5.82 Å². The number of carbonyl (C=O) groups excluding carboxylic acids is 1. The van der Waals surface area contributed by atoms with Crippen molar-refractivity contribution in [1.82, 2.24) is 9.80 Å². The fourth-order valence-corrected chi connectivity index (χ4v) is 3.56. The van der Waals surface area contributed by atoms with Gasteiger partial charge < -0.3 is 9.64 Å². The molecule has 2 aromatic carbocycles. The zero-order valence-electron chi connectivity index (χ0n) is 15.9. The van der Waals surface area contributed by atoms with Gasteiger partial charge in [0.2, 0.25) is 0 Å². The maximum Gasteiger partial charge on any atom is 0.260 e. The third-order valence-corrected chi connectivity index (χ3v) is 5.21. The van der Waals surface area contributed by atoms with Crippen LogP contribution >= 0.6 is 11.6 Å². The highest BCUT2D eigenvalue weighted by molar-refractivity contribution is 6.30. The highest BCUT2D eigenvalue weighted by Crippen LogP contribution is 2.22. The molecule has 28 heavy (non-hydrogen) atoms. The van der Waals surface area contributed by atoms with Crippen molar-refractivity contribution in [2.75, 3.05) is 19.7 Å². The van der Waals surface area contributed by atoms with Crippen molar-refractivity contribution in [2.45, 2.75) is 32.5 Å². The lowest BCUT2D eigenvalue weighted by Crippen LogP contribution is -2.58. The van der Waals surface area contributed by atoms with Gasteiger partial charge in [0.25, 0.3) is 5.91 Å². The Morgan fingerprint density at radius 1 is 1.11 bits per heavy atom. The lowest BCUT2D eigenvalue weighted by Gasteiger charge is -2.44. The van der Waals surface area contributed by atoms with Crippen molar-refractivity contribution in [3.05, 3.63) is 64.7 Å². The third kappa shape index (κ3) is 5.00. The Kier molecular flexibility index (Phi) is 6.52. The van der Waals surface area contributed by atoms with Crippen molar-refractivity contribution in [1.29, 1.82) is 0 Å². The summed E-state index contributed by atoms with van der Waals surface area (Å²) in [6.07, 6.45) is 0. The fourth-order valence-electron chi connectivity index (χ4n) is 3.40. The maximum absolute atomic E-state index is 13.8. The van der Waals surface area contributed by atoms with E-state index in [1.165, 1.54) is 24.3 Å². The van der Waals surface area contributed by atoms with Crippen molar-refractivity contribution >= 4 is 17.5 Å². The molecule has 150 valence electrons. The number of carbonyl (C=O) groups is 1. The molecule has 0 saturated carbocycles. The van der Waals surface area contributed by atoms with E-state index >= 15 is 0 Å². The third-order valence-electron chi connectivity index (χ3n) is 4.98. The molecule has 2 unspecified atom stereocenters. The smallest absolute Gasteiger partial charge is 0.260 e. The number of hydrogen-bond acceptors (Lipinski definition) is 3. The van der Waals surface area contributed by atoms with Gasteiger partial charge in [-0.2, -0.15) is 0 Å². The van der Waals surface area contributed by atoms with Crippen LogP contribution in [0.3, 0.4) is 0 Å². The van der Waals surface area contributed by atoms with Crippen LogP contribution in [-0.4, -0.2) is 47.5 Å². The van der Waals surface area contributed by atoms with Gasteiger partial charge in [-0.25, -0.2) is 8.78 Å². The number of nitrogens with zero attached hydrogens (tertiary/aromatic N) is 2. The van der Waals surface area contributed by atoms with Crippen LogP contribution in [0.15, 0.2) is 42.5 Å². The molecule has 1 amide bonds. The summed E-state index contributed by atoms with van der Waals surface area (Å²) in [5.74, 6) is -1.02. The second kappa shape index (κ2) is 8.88. The summed E-state index contributed by atoms with van der Waals surface area (Å²) in [7, 11) is 0. The molecule has 7 heteroatoms. The number of benzene rings is 2. The molecule has 0 N–H and O–H groups in total. The molecule has 2 atom stereocenters. The maximum atomic E-state index is 13.8. The van der Waals surface area contributed by atoms with Crippen molar-refractivity contribution < 1.29 is 18.3 Å². The van der Waals surface area contributed by atoms with Gasteiger partial charge >= 0.3 is 0 Å². The first-order valence-electron chi connectivity index (χ1n) is 9.19.